The number of amides is 2. The molecule has 3 fully saturated rings. The first kappa shape index (κ1) is 18.7. The van der Waals surface area contributed by atoms with Gasteiger partial charge in [-0.2, -0.15) is 0 Å². The molecule has 4 rings (SSSR count). The van der Waals surface area contributed by atoms with E-state index in [4.69, 9.17) is 5.73 Å². The Morgan fingerprint density at radius 2 is 2.00 bits per heavy atom. The van der Waals surface area contributed by atoms with Gasteiger partial charge in [-0.05, 0) is 49.0 Å². The van der Waals surface area contributed by atoms with E-state index in [0.717, 1.165) is 30.6 Å². The van der Waals surface area contributed by atoms with Crippen molar-refractivity contribution in [2.24, 2.45) is 23.5 Å². The molecule has 1 aromatic heterocycles. The van der Waals surface area contributed by atoms with Gasteiger partial charge in [-0.1, -0.05) is 12.5 Å². The largest absolute Gasteiger partial charge is 0.352 e. The molecule has 2 heterocycles. The van der Waals surface area contributed by atoms with Crippen molar-refractivity contribution in [2.75, 3.05) is 13.1 Å². The van der Waals surface area contributed by atoms with E-state index >= 15 is 0 Å². The van der Waals surface area contributed by atoms with Gasteiger partial charge in [0.1, 0.15) is 6.04 Å². The maximum absolute atomic E-state index is 13.3. The number of fused-ring (bicyclic) bond motifs is 2. The first-order valence-corrected chi connectivity index (χ1v) is 9.90. The zero-order valence-corrected chi connectivity index (χ0v) is 15.9. The molecular formula is C18H26ClN3O2S. The van der Waals surface area contributed by atoms with Crippen LogP contribution in [0.15, 0.2) is 17.5 Å². The van der Waals surface area contributed by atoms with Gasteiger partial charge in [-0.15, -0.1) is 23.7 Å². The van der Waals surface area contributed by atoms with Gasteiger partial charge in [0.2, 0.25) is 11.8 Å². The minimum Gasteiger partial charge on any atom is -0.352 e. The summed E-state index contributed by atoms with van der Waals surface area (Å²) in [5.74, 6) is 1.10. The van der Waals surface area contributed by atoms with E-state index in [0.29, 0.717) is 24.9 Å². The van der Waals surface area contributed by atoms with Crippen molar-refractivity contribution in [1.82, 2.24) is 10.2 Å². The Balaban J connectivity index is 0.00000182. The summed E-state index contributed by atoms with van der Waals surface area (Å²) >= 11 is 1.54. The highest BCUT2D eigenvalue weighted by molar-refractivity contribution is 7.10. The molecule has 25 heavy (non-hydrogen) atoms. The molecule has 2 aliphatic carbocycles. The molecule has 1 aliphatic heterocycles. The number of carbonyl (C=O) groups excluding carboxylic acids is 2. The monoisotopic (exact) mass is 383 g/mol. The Labute approximate surface area is 158 Å². The molecule has 2 amide bonds. The van der Waals surface area contributed by atoms with Crippen LogP contribution in [-0.2, 0) is 9.59 Å². The number of hydrogen-bond donors (Lipinski definition) is 2. The van der Waals surface area contributed by atoms with Gasteiger partial charge in [0, 0.05) is 29.9 Å². The summed E-state index contributed by atoms with van der Waals surface area (Å²) in [7, 11) is 0. The van der Waals surface area contributed by atoms with Crippen LogP contribution in [0.25, 0.3) is 0 Å². The second-order valence-electron chi connectivity index (χ2n) is 7.44. The number of rotatable bonds is 2. The van der Waals surface area contributed by atoms with E-state index in [1.165, 1.54) is 6.42 Å². The molecule has 1 aromatic rings. The average Bonchev–Trinajstić information content (AvgIpc) is 3.07. The van der Waals surface area contributed by atoms with E-state index < -0.39 is 6.04 Å². The van der Waals surface area contributed by atoms with Crippen LogP contribution in [0.1, 0.15) is 43.0 Å². The summed E-state index contributed by atoms with van der Waals surface area (Å²) < 4.78 is 0. The van der Waals surface area contributed by atoms with Gasteiger partial charge in [-0.3, -0.25) is 9.59 Å². The molecule has 3 atom stereocenters. The average molecular weight is 384 g/mol. The summed E-state index contributed by atoms with van der Waals surface area (Å²) in [6.45, 7) is 1.15. The lowest BCUT2D eigenvalue weighted by molar-refractivity contribution is -0.148. The van der Waals surface area contributed by atoms with Crippen LogP contribution >= 0.6 is 23.7 Å². The lowest BCUT2D eigenvalue weighted by Crippen LogP contribution is -2.55. The van der Waals surface area contributed by atoms with Crippen molar-refractivity contribution in [3.05, 3.63) is 22.4 Å². The topological polar surface area (TPSA) is 75.4 Å². The molecule has 7 heteroatoms. The number of hydrogen-bond acceptors (Lipinski definition) is 4. The number of carbonyl (C=O) groups is 2. The normalized spacial score (nSPS) is 34.8. The quantitative estimate of drug-likeness (QED) is 0.822. The van der Waals surface area contributed by atoms with Crippen LogP contribution in [0.2, 0.25) is 0 Å². The third-order valence-corrected chi connectivity index (χ3v) is 6.99. The fourth-order valence-corrected chi connectivity index (χ4v) is 5.69. The second kappa shape index (κ2) is 7.64. The van der Waals surface area contributed by atoms with Crippen LogP contribution in [0.4, 0.5) is 0 Å². The molecule has 0 spiro atoms. The summed E-state index contributed by atoms with van der Waals surface area (Å²) in [5, 5.41) is 4.87. The maximum atomic E-state index is 13.3. The Hall–Kier alpha value is -1.11. The maximum Gasteiger partial charge on any atom is 0.248 e. The molecule has 2 bridgehead atoms. The number of piperazine rings is 1. The van der Waals surface area contributed by atoms with Crippen molar-refractivity contribution in [1.29, 1.82) is 0 Å². The second-order valence-corrected chi connectivity index (χ2v) is 8.42. The first-order chi connectivity index (χ1) is 11.6. The van der Waals surface area contributed by atoms with Crippen LogP contribution in [-0.4, -0.2) is 35.8 Å². The molecule has 3 N–H and O–H groups in total. The predicted octanol–water partition coefficient (Wildman–Crippen LogP) is 2.32. The SMILES string of the molecule is Cl.NC1C2CCCC1CC(C(=O)N1CCNC(=O)C1c1cccs1)C2. The number of thiophene rings is 1. The van der Waals surface area contributed by atoms with E-state index in [1.807, 2.05) is 22.4 Å². The van der Waals surface area contributed by atoms with Crippen molar-refractivity contribution in [3.63, 3.8) is 0 Å². The smallest absolute Gasteiger partial charge is 0.248 e. The Morgan fingerprint density at radius 3 is 2.64 bits per heavy atom. The highest BCUT2D eigenvalue weighted by atomic mass is 35.5. The molecule has 0 aromatic carbocycles. The van der Waals surface area contributed by atoms with Gasteiger partial charge in [0.25, 0.3) is 0 Å². The summed E-state index contributed by atoms with van der Waals surface area (Å²) in [6, 6.07) is 3.70. The number of halogens is 1. The van der Waals surface area contributed by atoms with Gasteiger partial charge < -0.3 is 16.0 Å². The lowest BCUT2D eigenvalue weighted by Gasteiger charge is -2.45. The highest BCUT2D eigenvalue weighted by Crippen LogP contribution is 2.43. The summed E-state index contributed by atoms with van der Waals surface area (Å²) in [5.41, 5.74) is 6.36. The molecule has 5 nitrogen and oxygen atoms in total. The van der Waals surface area contributed by atoms with Crippen LogP contribution in [0.3, 0.4) is 0 Å². The molecule has 0 radical (unpaired) electrons. The van der Waals surface area contributed by atoms with Crippen molar-refractivity contribution in [2.45, 2.75) is 44.2 Å². The molecule has 138 valence electrons. The number of nitrogens with two attached hydrogens (primary N) is 1. The predicted molar refractivity (Wildman–Crippen MR) is 101 cm³/mol. The van der Waals surface area contributed by atoms with Gasteiger partial charge in [0.15, 0.2) is 0 Å². The fourth-order valence-electron chi connectivity index (χ4n) is 4.86. The van der Waals surface area contributed by atoms with Gasteiger partial charge in [0.05, 0.1) is 0 Å². The molecule has 3 aliphatic rings. The Kier molecular flexibility index (Phi) is 5.71. The van der Waals surface area contributed by atoms with Crippen LogP contribution < -0.4 is 11.1 Å². The van der Waals surface area contributed by atoms with Crippen LogP contribution in [0, 0.1) is 17.8 Å². The van der Waals surface area contributed by atoms with E-state index in [-0.39, 0.29) is 36.2 Å². The molecule has 3 unspecified atom stereocenters. The third kappa shape index (κ3) is 3.44. The van der Waals surface area contributed by atoms with Gasteiger partial charge >= 0.3 is 0 Å². The van der Waals surface area contributed by atoms with Crippen molar-refractivity contribution >= 4 is 35.6 Å². The zero-order valence-electron chi connectivity index (χ0n) is 14.2. The van der Waals surface area contributed by atoms with E-state index in [2.05, 4.69) is 5.32 Å². The zero-order chi connectivity index (χ0) is 16.7. The molecule has 2 saturated carbocycles. The first-order valence-electron chi connectivity index (χ1n) is 9.02. The van der Waals surface area contributed by atoms with Crippen molar-refractivity contribution < 1.29 is 9.59 Å². The van der Waals surface area contributed by atoms with E-state index in [9.17, 15) is 9.59 Å². The Morgan fingerprint density at radius 1 is 1.28 bits per heavy atom. The number of nitrogens with one attached hydrogen (secondary N) is 1. The van der Waals surface area contributed by atoms with Crippen LogP contribution in [0.5, 0.6) is 0 Å². The standard InChI is InChI=1S/C18H25N3O2S.ClH/c19-15-11-3-1-4-12(15)10-13(9-11)18(23)21-7-6-20-17(22)16(21)14-5-2-8-24-14;/h2,5,8,11-13,15-16H,1,3-4,6-7,9-10,19H2,(H,20,22);1H. The minimum atomic E-state index is -0.457. The van der Waals surface area contributed by atoms with Gasteiger partial charge in [-0.25, -0.2) is 0 Å². The lowest BCUT2D eigenvalue weighted by atomic mass is 9.65. The minimum absolute atomic E-state index is 0. The van der Waals surface area contributed by atoms with Crippen molar-refractivity contribution in [3.8, 4) is 0 Å². The number of nitrogens with zero attached hydrogens (tertiary/aromatic N) is 1. The fraction of sp³-hybridized carbons (Fsp3) is 0.667. The third-order valence-electron chi connectivity index (χ3n) is 6.07. The Bertz CT molecular complexity index is 610. The van der Waals surface area contributed by atoms with E-state index in [1.54, 1.807) is 11.3 Å². The summed E-state index contributed by atoms with van der Waals surface area (Å²) in [4.78, 5) is 28.4. The summed E-state index contributed by atoms with van der Waals surface area (Å²) in [6.07, 6.45) is 5.33. The molecular weight excluding hydrogens is 358 g/mol. The molecule has 1 saturated heterocycles. The highest BCUT2D eigenvalue weighted by Gasteiger charge is 2.44.